The quantitative estimate of drug-likeness (QED) is 0.411. The van der Waals surface area contributed by atoms with Gasteiger partial charge >= 0.3 is 0 Å². The van der Waals surface area contributed by atoms with Crippen LogP contribution in [0.4, 0.5) is 0 Å². The van der Waals surface area contributed by atoms with E-state index in [0.717, 1.165) is 16.5 Å². The van der Waals surface area contributed by atoms with Crippen LogP contribution in [0.3, 0.4) is 0 Å². The van der Waals surface area contributed by atoms with E-state index in [4.69, 9.17) is 0 Å². The molecule has 3 heterocycles. The average molecular weight is 376 g/mol. The summed E-state index contributed by atoms with van der Waals surface area (Å²) in [7, 11) is 0. The summed E-state index contributed by atoms with van der Waals surface area (Å²) in [5.74, 6) is 1.80. The van der Waals surface area contributed by atoms with Gasteiger partial charge in [-0.3, -0.25) is 14.3 Å². The summed E-state index contributed by atoms with van der Waals surface area (Å²) in [6.07, 6.45) is 5.26. The molecule has 0 unspecified atom stereocenters. The Morgan fingerprint density at radius 2 is 2.07 bits per heavy atom. The van der Waals surface area contributed by atoms with Crippen LogP contribution in [0, 0.1) is 0 Å². The van der Waals surface area contributed by atoms with E-state index >= 15 is 0 Å². The number of rotatable bonds is 6. The molecule has 1 N–H and O–H groups in total. The van der Waals surface area contributed by atoms with Gasteiger partial charge in [-0.2, -0.15) is 0 Å². The first-order valence-electron chi connectivity index (χ1n) is 8.31. The number of nitrogens with one attached hydrogen (secondary N) is 1. The van der Waals surface area contributed by atoms with E-state index < -0.39 is 0 Å². The maximum Gasteiger partial charge on any atom is 0.258 e. The highest BCUT2D eigenvalue weighted by atomic mass is 32.2. The van der Waals surface area contributed by atoms with Crippen molar-refractivity contribution in [1.29, 1.82) is 0 Å². The average Bonchev–Trinajstić information content (AvgIpc) is 3.10. The van der Waals surface area contributed by atoms with Crippen LogP contribution in [0.1, 0.15) is 5.82 Å². The van der Waals surface area contributed by atoms with Crippen molar-refractivity contribution in [1.82, 2.24) is 29.7 Å². The normalized spacial score (nSPS) is 11.0. The van der Waals surface area contributed by atoms with Gasteiger partial charge in [-0.1, -0.05) is 30.0 Å². The van der Waals surface area contributed by atoms with Crippen molar-refractivity contribution < 1.29 is 0 Å². The lowest BCUT2D eigenvalue weighted by Crippen LogP contribution is -2.11. The number of H-pyrrole nitrogens is 1. The summed E-state index contributed by atoms with van der Waals surface area (Å²) in [6.45, 7) is 4.39. The van der Waals surface area contributed by atoms with Crippen LogP contribution in [0.25, 0.3) is 22.3 Å². The maximum atomic E-state index is 12.2. The minimum Gasteiger partial charge on any atom is -0.309 e. The van der Waals surface area contributed by atoms with E-state index in [2.05, 4.69) is 31.7 Å². The fourth-order valence-corrected chi connectivity index (χ4v) is 3.55. The first-order valence-corrected chi connectivity index (χ1v) is 9.30. The van der Waals surface area contributed by atoms with Crippen molar-refractivity contribution in [2.45, 2.75) is 17.5 Å². The van der Waals surface area contributed by atoms with Crippen LogP contribution >= 0.6 is 11.8 Å². The third-order valence-electron chi connectivity index (χ3n) is 3.95. The van der Waals surface area contributed by atoms with Gasteiger partial charge in [-0.25, -0.2) is 4.98 Å². The first kappa shape index (κ1) is 17.2. The number of aromatic nitrogens is 6. The highest BCUT2D eigenvalue weighted by molar-refractivity contribution is 7.98. The zero-order valence-corrected chi connectivity index (χ0v) is 15.2. The van der Waals surface area contributed by atoms with Crippen LogP contribution in [0.2, 0.25) is 0 Å². The lowest BCUT2D eigenvalue weighted by molar-refractivity contribution is 0.730. The fourth-order valence-electron chi connectivity index (χ4n) is 2.73. The highest BCUT2D eigenvalue weighted by Crippen LogP contribution is 2.25. The number of nitrogens with zero attached hydrogens (tertiary/aromatic N) is 5. The molecule has 8 heteroatoms. The maximum absolute atomic E-state index is 12.2. The minimum atomic E-state index is -0.139. The summed E-state index contributed by atoms with van der Waals surface area (Å²) < 4.78 is 1.97. The van der Waals surface area contributed by atoms with Gasteiger partial charge in [0.25, 0.3) is 5.56 Å². The Morgan fingerprint density at radius 1 is 1.19 bits per heavy atom. The number of allylic oxidation sites excluding steroid dienone is 1. The summed E-state index contributed by atoms with van der Waals surface area (Å²) in [4.78, 5) is 23.7. The standard InChI is InChI=1S/C19H16N6OS/c1-2-10-25-17(13-6-5-9-20-11-13)23-24-19(25)27-12-16-21-15-8-4-3-7-14(15)18(26)22-16/h2-9,11H,1,10,12H2,(H,21,22,26). The number of fused-ring (bicyclic) bond motifs is 1. The number of hydrogen-bond acceptors (Lipinski definition) is 6. The van der Waals surface area contributed by atoms with Gasteiger partial charge in [-0.05, 0) is 24.3 Å². The highest BCUT2D eigenvalue weighted by Gasteiger charge is 2.14. The largest absolute Gasteiger partial charge is 0.309 e. The molecule has 0 atom stereocenters. The molecule has 3 aromatic heterocycles. The van der Waals surface area contributed by atoms with Crippen LogP contribution in [0.5, 0.6) is 0 Å². The molecular formula is C19H16N6OS. The van der Waals surface area contributed by atoms with Crippen molar-refractivity contribution in [3.05, 3.63) is 77.6 Å². The molecule has 4 rings (SSSR count). The molecule has 27 heavy (non-hydrogen) atoms. The number of aromatic amines is 1. The van der Waals surface area contributed by atoms with Crippen molar-refractivity contribution >= 4 is 22.7 Å². The number of benzene rings is 1. The number of pyridine rings is 1. The van der Waals surface area contributed by atoms with Gasteiger partial charge in [0.2, 0.25) is 0 Å². The molecule has 0 aliphatic heterocycles. The Balaban J connectivity index is 1.63. The molecule has 0 aliphatic rings. The van der Waals surface area contributed by atoms with Crippen molar-refractivity contribution in [2.24, 2.45) is 0 Å². The molecule has 0 fully saturated rings. The van der Waals surface area contributed by atoms with Gasteiger partial charge < -0.3 is 4.98 Å². The van der Waals surface area contributed by atoms with E-state index in [-0.39, 0.29) is 5.56 Å². The fraction of sp³-hybridized carbons (Fsp3) is 0.105. The molecular weight excluding hydrogens is 360 g/mol. The van der Waals surface area contributed by atoms with Crippen LogP contribution in [-0.2, 0) is 12.3 Å². The molecule has 4 aromatic rings. The summed E-state index contributed by atoms with van der Waals surface area (Å²) >= 11 is 1.46. The predicted molar refractivity (Wildman–Crippen MR) is 105 cm³/mol. The summed E-state index contributed by atoms with van der Waals surface area (Å²) in [6, 6.07) is 11.1. The van der Waals surface area contributed by atoms with E-state index in [9.17, 15) is 4.79 Å². The number of para-hydroxylation sites is 1. The van der Waals surface area contributed by atoms with E-state index in [1.165, 1.54) is 11.8 Å². The zero-order chi connectivity index (χ0) is 18.6. The lowest BCUT2D eigenvalue weighted by Gasteiger charge is -2.07. The zero-order valence-electron chi connectivity index (χ0n) is 14.4. The van der Waals surface area contributed by atoms with Crippen molar-refractivity contribution in [3.63, 3.8) is 0 Å². The molecule has 0 amide bonds. The Labute approximate surface area is 159 Å². The van der Waals surface area contributed by atoms with Gasteiger partial charge in [-0.15, -0.1) is 16.8 Å². The third-order valence-corrected chi connectivity index (χ3v) is 4.93. The van der Waals surface area contributed by atoms with Gasteiger partial charge in [0.1, 0.15) is 5.82 Å². The molecule has 0 bridgehead atoms. The molecule has 0 saturated heterocycles. The van der Waals surface area contributed by atoms with Crippen LogP contribution in [-0.4, -0.2) is 29.7 Å². The predicted octanol–water partition coefficient (Wildman–Crippen LogP) is 3.05. The molecule has 0 aliphatic carbocycles. The molecule has 1 aromatic carbocycles. The van der Waals surface area contributed by atoms with Crippen molar-refractivity contribution in [2.75, 3.05) is 0 Å². The third kappa shape index (κ3) is 3.52. The SMILES string of the molecule is C=CCn1c(SCc2nc3ccccc3c(=O)[nH]2)nnc1-c1cccnc1. The van der Waals surface area contributed by atoms with Crippen LogP contribution in [0.15, 0.2) is 71.4 Å². The second-order valence-electron chi connectivity index (χ2n) is 5.77. The number of thioether (sulfide) groups is 1. The second kappa shape index (κ2) is 7.55. The summed E-state index contributed by atoms with van der Waals surface area (Å²) in [5, 5.41) is 9.90. The van der Waals surface area contributed by atoms with E-state index in [1.54, 1.807) is 24.5 Å². The smallest absolute Gasteiger partial charge is 0.258 e. The Morgan fingerprint density at radius 3 is 2.89 bits per heavy atom. The van der Waals surface area contributed by atoms with Gasteiger partial charge in [0.15, 0.2) is 11.0 Å². The molecule has 0 spiro atoms. The first-order chi connectivity index (χ1) is 13.3. The van der Waals surface area contributed by atoms with E-state index in [0.29, 0.717) is 29.0 Å². The number of hydrogen-bond donors (Lipinski definition) is 1. The Hall–Kier alpha value is -3.26. The minimum absolute atomic E-state index is 0.139. The molecule has 7 nitrogen and oxygen atoms in total. The second-order valence-corrected chi connectivity index (χ2v) is 6.71. The monoisotopic (exact) mass is 376 g/mol. The van der Waals surface area contributed by atoms with Crippen molar-refractivity contribution in [3.8, 4) is 11.4 Å². The van der Waals surface area contributed by atoms with E-state index in [1.807, 2.05) is 34.9 Å². The summed E-state index contributed by atoms with van der Waals surface area (Å²) in [5.41, 5.74) is 1.43. The van der Waals surface area contributed by atoms with Gasteiger partial charge in [0, 0.05) is 24.5 Å². The van der Waals surface area contributed by atoms with Gasteiger partial charge in [0.05, 0.1) is 16.7 Å². The molecule has 134 valence electrons. The Kier molecular flexibility index (Phi) is 4.80. The Bertz CT molecular complexity index is 1150. The molecule has 0 radical (unpaired) electrons. The lowest BCUT2D eigenvalue weighted by atomic mass is 10.2. The topological polar surface area (TPSA) is 89.4 Å². The molecule has 0 saturated carbocycles. The van der Waals surface area contributed by atoms with Crippen LogP contribution < -0.4 is 5.56 Å².